The van der Waals surface area contributed by atoms with Crippen molar-refractivity contribution >= 4 is 17.7 Å². The second-order valence-corrected chi connectivity index (χ2v) is 4.89. The topological polar surface area (TPSA) is 29.5 Å². The zero-order valence-corrected chi connectivity index (χ0v) is 10.3. The van der Waals surface area contributed by atoms with Crippen molar-refractivity contribution in [3.63, 3.8) is 0 Å². The predicted octanol–water partition coefficient (Wildman–Crippen LogP) is 1.54. The summed E-state index contributed by atoms with van der Waals surface area (Å²) < 4.78 is 5.58. The van der Waals surface area contributed by atoms with Crippen molar-refractivity contribution in [2.75, 3.05) is 24.6 Å². The van der Waals surface area contributed by atoms with Gasteiger partial charge in [0.15, 0.2) is 0 Å². The second kappa shape index (κ2) is 6.18. The van der Waals surface area contributed by atoms with Crippen LogP contribution in [0, 0.1) is 0 Å². The maximum Gasteiger partial charge on any atom is 0.232 e. The van der Waals surface area contributed by atoms with E-state index in [0.717, 1.165) is 18.8 Å². The van der Waals surface area contributed by atoms with Crippen molar-refractivity contribution in [2.24, 2.45) is 0 Å². The summed E-state index contributed by atoms with van der Waals surface area (Å²) >= 11 is 1.61. The van der Waals surface area contributed by atoms with Gasteiger partial charge in [-0.2, -0.15) is 0 Å². The minimum atomic E-state index is 0.155. The fourth-order valence-corrected chi connectivity index (χ4v) is 2.34. The lowest BCUT2D eigenvalue weighted by Gasteiger charge is -2.35. The van der Waals surface area contributed by atoms with Crippen molar-refractivity contribution < 1.29 is 9.53 Å². The molecule has 2 unspecified atom stereocenters. The van der Waals surface area contributed by atoms with E-state index in [1.807, 2.05) is 24.8 Å². The van der Waals surface area contributed by atoms with Crippen LogP contribution in [0.2, 0.25) is 0 Å². The molecule has 4 heteroatoms. The number of carbonyl (C=O) groups is 1. The van der Waals surface area contributed by atoms with E-state index in [2.05, 4.69) is 6.58 Å². The number of rotatable bonds is 4. The van der Waals surface area contributed by atoms with E-state index in [0.29, 0.717) is 5.75 Å². The Kier molecular flexibility index (Phi) is 5.19. The molecule has 3 nitrogen and oxygen atoms in total. The van der Waals surface area contributed by atoms with Crippen LogP contribution in [0.15, 0.2) is 12.7 Å². The van der Waals surface area contributed by atoms with Crippen LogP contribution in [0.4, 0.5) is 0 Å². The van der Waals surface area contributed by atoms with Crippen molar-refractivity contribution in [2.45, 2.75) is 26.1 Å². The molecule has 1 aliphatic rings. The van der Waals surface area contributed by atoms with Crippen molar-refractivity contribution in [3.05, 3.63) is 12.7 Å². The van der Waals surface area contributed by atoms with Crippen molar-refractivity contribution in [1.29, 1.82) is 0 Å². The molecule has 0 radical (unpaired) electrons. The molecule has 0 aliphatic carbocycles. The lowest BCUT2D eigenvalue weighted by atomic mass is 10.2. The summed E-state index contributed by atoms with van der Waals surface area (Å²) in [5.74, 6) is 1.59. The standard InChI is InChI=1S/C11H19NO2S/c1-4-5-15-8-11(13)12-6-9(2)14-10(3)7-12/h4,9-10H,1,5-8H2,2-3H3. The zero-order valence-electron chi connectivity index (χ0n) is 9.44. The van der Waals surface area contributed by atoms with E-state index in [1.54, 1.807) is 11.8 Å². The molecule has 2 atom stereocenters. The number of ether oxygens (including phenoxy) is 1. The molecule has 1 aliphatic heterocycles. The third-order valence-corrected chi connectivity index (χ3v) is 3.16. The Balaban J connectivity index is 2.34. The van der Waals surface area contributed by atoms with E-state index in [9.17, 15) is 4.79 Å². The Labute approximate surface area is 95.9 Å². The van der Waals surface area contributed by atoms with E-state index >= 15 is 0 Å². The van der Waals surface area contributed by atoms with Gasteiger partial charge in [-0.1, -0.05) is 6.08 Å². The maximum atomic E-state index is 11.8. The van der Waals surface area contributed by atoms with Crippen LogP contribution in [-0.4, -0.2) is 47.6 Å². The number of nitrogens with zero attached hydrogens (tertiary/aromatic N) is 1. The number of thioether (sulfide) groups is 1. The molecule has 15 heavy (non-hydrogen) atoms. The quantitative estimate of drug-likeness (QED) is 0.541. The van der Waals surface area contributed by atoms with Gasteiger partial charge in [0.05, 0.1) is 18.0 Å². The second-order valence-electron chi connectivity index (χ2n) is 3.86. The lowest BCUT2D eigenvalue weighted by Crippen LogP contribution is -2.48. The molecular formula is C11H19NO2S. The lowest BCUT2D eigenvalue weighted by molar-refractivity contribution is -0.140. The first-order valence-electron chi connectivity index (χ1n) is 5.25. The molecule has 1 fully saturated rings. The van der Waals surface area contributed by atoms with Gasteiger partial charge in [-0.05, 0) is 13.8 Å². The zero-order chi connectivity index (χ0) is 11.3. The average molecular weight is 229 g/mol. The summed E-state index contributed by atoms with van der Waals surface area (Å²) in [6.07, 6.45) is 2.13. The summed E-state index contributed by atoms with van der Waals surface area (Å²) in [4.78, 5) is 13.7. The van der Waals surface area contributed by atoms with Gasteiger partial charge in [0, 0.05) is 18.8 Å². The molecule has 0 saturated carbocycles. The SMILES string of the molecule is C=CCSCC(=O)N1CC(C)OC(C)C1. The molecule has 0 aromatic heterocycles. The summed E-state index contributed by atoms with van der Waals surface area (Å²) in [6, 6.07) is 0. The third-order valence-electron chi connectivity index (χ3n) is 2.23. The highest BCUT2D eigenvalue weighted by molar-refractivity contribution is 8.00. The van der Waals surface area contributed by atoms with Crippen LogP contribution >= 0.6 is 11.8 Å². The highest BCUT2D eigenvalue weighted by atomic mass is 32.2. The molecule has 0 aromatic rings. The highest BCUT2D eigenvalue weighted by Gasteiger charge is 2.25. The molecule has 1 rings (SSSR count). The van der Waals surface area contributed by atoms with E-state index < -0.39 is 0 Å². The van der Waals surface area contributed by atoms with Gasteiger partial charge in [-0.25, -0.2) is 0 Å². The predicted molar refractivity (Wildman–Crippen MR) is 64.1 cm³/mol. The first kappa shape index (κ1) is 12.6. The van der Waals surface area contributed by atoms with Crippen LogP contribution < -0.4 is 0 Å². The van der Waals surface area contributed by atoms with Gasteiger partial charge in [0.1, 0.15) is 0 Å². The summed E-state index contributed by atoms with van der Waals surface area (Å²) in [6.45, 7) is 9.08. The number of hydrogen-bond acceptors (Lipinski definition) is 3. The summed E-state index contributed by atoms with van der Waals surface area (Å²) in [7, 11) is 0. The maximum absolute atomic E-state index is 11.8. The van der Waals surface area contributed by atoms with Crippen LogP contribution in [0.3, 0.4) is 0 Å². The molecule has 0 aromatic carbocycles. The molecule has 1 heterocycles. The Bertz CT molecular complexity index is 223. The summed E-state index contributed by atoms with van der Waals surface area (Å²) in [5.41, 5.74) is 0. The van der Waals surface area contributed by atoms with E-state index in [-0.39, 0.29) is 18.1 Å². The first-order valence-corrected chi connectivity index (χ1v) is 6.40. The van der Waals surface area contributed by atoms with Gasteiger partial charge in [-0.15, -0.1) is 18.3 Å². The smallest absolute Gasteiger partial charge is 0.232 e. The Hall–Kier alpha value is -0.480. The summed E-state index contributed by atoms with van der Waals surface area (Å²) in [5, 5.41) is 0. The minimum Gasteiger partial charge on any atom is -0.372 e. The molecule has 0 N–H and O–H groups in total. The number of carbonyl (C=O) groups excluding carboxylic acids is 1. The minimum absolute atomic E-state index is 0.155. The van der Waals surface area contributed by atoms with E-state index in [4.69, 9.17) is 4.74 Å². The van der Waals surface area contributed by atoms with Crippen LogP contribution in [-0.2, 0) is 9.53 Å². The number of amides is 1. The van der Waals surface area contributed by atoms with Gasteiger partial charge < -0.3 is 9.64 Å². The Morgan fingerprint density at radius 2 is 2.13 bits per heavy atom. The van der Waals surface area contributed by atoms with Gasteiger partial charge in [-0.3, -0.25) is 4.79 Å². The highest BCUT2D eigenvalue weighted by Crippen LogP contribution is 2.12. The van der Waals surface area contributed by atoms with Crippen LogP contribution in [0.5, 0.6) is 0 Å². The fourth-order valence-electron chi connectivity index (χ4n) is 1.70. The molecule has 86 valence electrons. The Morgan fingerprint density at radius 1 is 1.53 bits per heavy atom. The van der Waals surface area contributed by atoms with Crippen LogP contribution in [0.25, 0.3) is 0 Å². The van der Waals surface area contributed by atoms with Gasteiger partial charge in [0.25, 0.3) is 0 Å². The van der Waals surface area contributed by atoms with Gasteiger partial charge >= 0.3 is 0 Å². The van der Waals surface area contributed by atoms with Crippen molar-refractivity contribution in [3.8, 4) is 0 Å². The average Bonchev–Trinajstić information content (AvgIpc) is 2.16. The third kappa shape index (κ3) is 4.26. The number of morpholine rings is 1. The molecule has 1 saturated heterocycles. The monoisotopic (exact) mass is 229 g/mol. The van der Waals surface area contributed by atoms with Crippen molar-refractivity contribution in [1.82, 2.24) is 4.90 Å². The number of hydrogen-bond donors (Lipinski definition) is 0. The van der Waals surface area contributed by atoms with E-state index in [1.165, 1.54) is 0 Å². The molecular weight excluding hydrogens is 210 g/mol. The molecule has 0 spiro atoms. The molecule has 0 bridgehead atoms. The fraction of sp³-hybridized carbons (Fsp3) is 0.727. The largest absolute Gasteiger partial charge is 0.372 e. The first-order chi connectivity index (χ1) is 7.13. The van der Waals surface area contributed by atoms with Gasteiger partial charge in [0.2, 0.25) is 5.91 Å². The Morgan fingerprint density at radius 3 is 2.67 bits per heavy atom. The van der Waals surface area contributed by atoms with Crippen LogP contribution in [0.1, 0.15) is 13.8 Å². The normalized spacial score (nSPS) is 26.4. The molecule has 1 amide bonds.